The van der Waals surface area contributed by atoms with E-state index in [0.29, 0.717) is 24.4 Å². The fourth-order valence-electron chi connectivity index (χ4n) is 3.14. The molecule has 0 unspecified atom stereocenters. The molecule has 1 aromatic carbocycles. The summed E-state index contributed by atoms with van der Waals surface area (Å²) in [5.74, 6) is 0.833. The minimum Gasteiger partial charge on any atom is -0.496 e. The van der Waals surface area contributed by atoms with Crippen LogP contribution >= 0.6 is 0 Å². The van der Waals surface area contributed by atoms with Crippen molar-refractivity contribution in [3.63, 3.8) is 0 Å². The maximum atomic E-state index is 12.7. The van der Waals surface area contributed by atoms with Gasteiger partial charge in [0.05, 0.1) is 12.7 Å². The molecule has 0 bridgehead atoms. The molecule has 1 aromatic rings. The highest BCUT2D eigenvalue weighted by Gasteiger charge is 2.30. The van der Waals surface area contributed by atoms with E-state index in [0.717, 1.165) is 32.2 Å². The zero-order valence-corrected chi connectivity index (χ0v) is 15.0. The normalized spacial score (nSPS) is 15.2. The number of carbonyl (C=O) groups is 2. The SMILES string of the molecule is CCCCN(C)C(=O)C1CCN(C(=O)c2ccccc2OC)CC1. The molecule has 132 valence electrons. The maximum Gasteiger partial charge on any atom is 0.257 e. The predicted octanol–water partition coefficient (Wildman–Crippen LogP) is 2.81. The van der Waals surface area contributed by atoms with Crippen LogP contribution in [-0.4, -0.2) is 55.4 Å². The van der Waals surface area contributed by atoms with Gasteiger partial charge in [-0.3, -0.25) is 9.59 Å². The molecule has 1 aliphatic heterocycles. The first-order valence-corrected chi connectivity index (χ1v) is 8.75. The summed E-state index contributed by atoms with van der Waals surface area (Å²) in [5, 5.41) is 0. The van der Waals surface area contributed by atoms with E-state index in [4.69, 9.17) is 4.74 Å². The third-order valence-corrected chi connectivity index (χ3v) is 4.69. The minimum absolute atomic E-state index is 0.0160. The third-order valence-electron chi connectivity index (χ3n) is 4.69. The summed E-state index contributed by atoms with van der Waals surface area (Å²) in [6.07, 6.45) is 3.59. The van der Waals surface area contributed by atoms with E-state index < -0.39 is 0 Å². The van der Waals surface area contributed by atoms with E-state index in [9.17, 15) is 9.59 Å². The van der Waals surface area contributed by atoms with Crippen molar-refractivity contribution in [2.24, 2.45) is 5.92 Å². The Bertz CT molecular complexity index is 565. The average Bonchev–Trinajstić information content (AvgIpc) is 2.64. The van der Waals surface area contributed by atoms with Gasteiger partial charge in [-0.15, -0.1) is 0 Å². The number of likely N-dealkylation sites (tertiary alicyclic amines) is 1. The minimum atomic E-state index is -0.0160. The van der Waals surface area contributed by atoms with Crippen molar-refractivity contribution in [3.05, 3.63) is 29.8 Å². The van der Waals surface area contributed by atoms with E-state index in [2.05, 4.69) is 6.92 Å². The van der Waals surface area contributed by atoms with Crippen molar-refractivity contribution in [2.45, 2.75) is 32.6 Å². The summed E-state index contributed by atoms with van der Waals surface area (Å²) in [6, 6.07) is 7.28. The van der Waals surface area contributed by atoms with Gasteiger partial charge in [0.25, 0.3) is 5.91 Å². The molecule has 5 nitrogen and oxygen atoms in total. The standard InChI is InChI=1S/C19H28N2O3/c1-4-5-12-20(2)18(22)15-10-13-21(14-11-15)19(23)16-8-6-7-9-17(16)24-3/h6-9,15H,4-5,10-14H2,1-3H3. The van der Waals surface area contributed by atoms with Crippen molar-refractivity contribution in [1.29, 1.82) is 0 Å². The zero-order valence-electron chi connectivity index (χ0n) is 15.0. The van der Waals surface area contributed by atoms with Crippen LogP contribution < -0.4 is 4.74 Å². The van der Waals surface area contributed by atoms with Crippen molar-refractivity contribution < 1.29 is 14.3 Å². The molecule has 1 heterocycles. The van der Waals surface area contributed by atoms with Crippen LogP contribution in [0.4, 0.5) is 0 Å². The Morgan fingerprint density at radius 2 is 1.92 bits per heavy atom. The fourth-order valence-corrected chi connectivity index (χ4v) is 3.14. The number of ether oxygens (including phenoxy) is 1. The first kappa shape index (κ1) is 18.3. The molecule has 1 saturated heterocycles. The molecule has 0 saturated carbocycles. The van der Waals surface area contributed by atoms with Gasteiger partial charge in [0.15, 0.2) is 0 Å². The van der Waals surface area contributed by atoms with Crippen LogP contribution in [0.15, 0.2) is 24.3 Å². The number of carbonyl (C=O) groups excluding carboxylic acids is 2. The number of nitrogens with zero attached hydrogens (tertiary/aromatic N) is 2. The Labute approximate surface area is 144 Å². The van der Waals surface area contributed by atoms with Gasteiger partial charge in [-0.05, 0) is 31.4 Å². The molecule has 0 atom stereocenters. The number of methoxy groups -OCH3 is 1. The average molecular weight is 332 g/mol. The van der Waals surface area contributed by atoms with E-state index in [1.807, 2.05) is 29.0 Å². The van der Waals surface area contributed by atoms with Gasteiger partial charge in [0.2, 0.25) is 5.91 Å². The molecule has 1 fully saturated rings. The summed E-state index contributed by atoms with van der Waals surface area (Å²) in [4.78, 5) is 28.8. The molecule has 0 N–H and O–H groups in total. The molecule has 0 aliphatic carbocycles. The number of para-hydroxylation sites is 1. The molecule has 0 spiro atoms. The van der Waals surface area contributed by atoms with Crippen LogP contribution in [0.5, 0.6) is 5.75 Å². The van der Waals surface area contributed by atoms with Gasteiger partial charge in [-0.25, -0.2) is 0 Å². The van der Waals surface area contributed by atoms with Gasteiger partial charge in [0, 0.05) is 32.6 Å². The fraction of sp³-hybridized carbons (Fsp3) is 0.579. The summed E-state index contributed by atoms with van der Waals surface area (Å²) >= 11 is 0. The van der Waals surface area contributed by atoms with Crippen LogP contribution in [0.1, 0.15) is 43.0 Å². The first-order valence-electron chi connectivity index (χ1n) is 8.75. The first-order chi connectivity index (χ1) is 11.6. The van der Waals surface area contributed by atoms with E-state index in [1.165, 1.54) is 0 Å². The molecular weight excluding hydrogens is 304 g/mol. The Kier molecular flexibility index (Phi) is 6.64. The number of piperidine rings is 1. The van der Waals surface area contributed by atoms with E-state index in [-0.39, 0.29) is 17.7 Å². The van der Waals surface area contributed by atoms with Gasteiger partial charge < -0.3 is 14.5 Å². The van der Waals surface area contributed by atoms with Gasteiger partial charge in [-0.2, -0.15) is 0 Å². The van der Waals surface area contributed by atoms with Gasteiger partial charge >= 0.3 is 0 Å². The smallest absolute Gasteiger partial charge is 0.257 e. The van der Waals surface area contributed by atoms with Gasteiger partial charge in [-0.1, -0.05) is 25.5 Å². The number of amides is 2. The van der Waals surface area contributed by atoms with Crippen LogP contribution in [0.3, 0.4) is 0 Å². The number of rotatable bonds is 6. The lowest BCUT2D eigenvalue weighted by Crippen LogP contribution is -2.43. The predicted molar refractivity (Wildman–Crippen MR) is 94.2 cm³/mol. The number of hydrogen-bond acceptors (Lipinski definition) is 3. The second kappa shape index (κ2) is 8.71. The molecule has 5 heteroatoms. The summed E-state index contributed by atoms with van der Waals surface area (Å²) in [7, 11) is 3.45. The van der Waals surface area contributed by atoms with Crippen LogP contribution in [0.25, 0.3) is 0 Å². The maximum absolute atomic E-state index is 12.7. The largest absolute Gasteiger partial charge is 0.496 e. The van der Waals surface area contributed by atoms with Crippen molar-refractivity contribution in [1.82, 2.24) is 9.80 Å². The molecule has 0 aromatic heterocycles. The zero-order chi connectivity index (χ0) is 17.5. The van der Waals surface area contributed by atoms with Crippen molar-refractivity contribution in [2.75, 3.05) is 33.8 Å². The highest BCUT2D eigenvalue weighted by Crippen LogP contribution is 2.24. The number of hydrogen-bond donors (Lipinski definition) is 0. The lowest BCUT2D eigenvalue weighted by molar-refractivity contribution is -0.135. The monoisotopic (exact) mass is 332 g/mol. The van der Waals surface area contributed by atoms with Crippen molar-refractivity contribution >= 4 is 11.8 Å². The van der Waals surface area contributed by atoms with Crippen LogP contribution in [0.2, 0.25) is 0 Å². The Hall–Kier alpha value is -2.04. The van der Waals surface area contributed by atoms with E-state index >= 15 is 0 Å². The second-order valence-electron chi connectivity index (χ2n) is 6.38. The molecular formula is C19H28N2O3. The Balaban J connectivity index is 1.92. The van der Waals surface area contributed by atoms with Gasteiger partial charge in [0.1, 0.15) is 5.75 Å². The highest BCUT2D eigenvalue weighted by molar-refractivity contribution is 5.97. The van der Waals surface area contributed by atoms with E-state index in [1.54, 1.807) is 19.2 Å². The number of unbranched alkanes of at least 4 members (excludes halogenated alkanes) is 1. The molecule has 0 radical (unpaired) electrons. The summed E-state index contributed by atoms with van der Waals surface area (Å²) < 4.78 is 5.28. The molecule has 1 aliphatic rings. The lowest BCUT2D eigenvalue weighted by Gasteiger charge is -2.33. The van der Waals surface area contributed by atoms with Crippen LogP contribution in [0, 0.1) is 5.92 Å². The lowest BCUT2D eigenvalue weighted by atomic mass is 9.94. The summed E-state index contributed by atoms with van der Waals surface area (Å²) in [6.45, 7) is 4.18. The Morgan fingerprint density at radius 1 is 1.25 bits per heavy atom. The second-order valence-corrected chi connectivity index (χ2v) is 6.38. The summed E-state index contributed by atoms with van der Waals surface area (Å²) in [5.41, 5.74) is 0.588. The number of benzene rings is 1. The Morgan fingerprint density at radius 3 is 2.54 bits per heavy atom. The highest BCUT2D eigenvalue weighted by atomic mass is 16.5. The topological polar surface area (TPSA) is 49.9 Å². The van der Waals surface area contributed by atoms with Crippen LogP contribution in [-0.2, 0) is 4.79 Å². The molecule has 2 rings (SSSR count). The molecule has 24 heavy (non-hydrogen) atoms. The third kappa shape index (κ3) is 4.28. The molecule has 2 amide bonds. The quantitative estimate of drug-likeness (QED) is 0.805. The van der Waals surface area contributed by atoms with Crippen molar-refractivity contribution in [3.8, 4) is 5.75 Å².